The number of aliphatic hydroxyl groups excluding tert-OH is 2. The van der Waals surface area contributed by atoms with Gasteiger partial charge in [0.25, 0.3) is 0 Å². The van der Waals surface area contributed by atoms with Gasteiger partial charge in [-0.3, -0.25) is 9.59 Å². The Morgan fingerprint density at radius 1 is 0.394 bits per heavy atom. The molecule has 0 saturated heterocycles. The van der Waals surface area contributed by atoms with Crippen molar-refractivity contribution in [1.29, 1.82) is 0 Å². The normalized spacial score (nSPS) is 12.8. The molecule has 71 heavy (non-hydrogen) atoms. The molecule has 0 heterocycles. The van der Waals surface area contributed by atoms with Gasteiger partial charge in [-0.1, -0.05) is 288 Å². The number of unbranched alkanes of at least 4 members (excludes halogenated alkanes) is 42. The summed E-state index contributed by atoms with van der Waals surface area (Å²) in [5, 5.41) is 23.2. The van der Waals surface area contributed by atoms with Gasteiger partial charge in [-0.2, -0.15) is 0 Å². The first-order chi connectivity index (χ1) is 35.0. The number of aliphatic hydroxyl groups is 2. The van der Waals surface area contributed by atoms with Crippen LogP contribution in [0, 0.1) is 0 Å². The van der Waals surface area contributed by atoms with Crippen LogP contribution in [0.1, 0.15) is 341 Å². The van der Waals surface area contributed by atoms with Crippen LogP contribution in [0.3, 0.4) is 0 Å². The summed E-state index contributed by atoms with van der Waals surface area (Å²) in [6.07, 6.45) is 76.1. The van der Waals surface area contributed by atoms with E-state index in [1.165, 1.54) is 257 Å². The largest absolute Gasteiger partial charge is 0.466 e. The van der Waals surface area contributed by atoms with E-state index in [0.29, 0.717) is 25.9 Å². The Kier molecular flexibility index (Phi) is 59.0. The predicted octanol–water partition coefficient (Wildman–Crippen LogP) is 20.0. The molecule has 6 heteroatoms. The van der Waals surface area contributed by atoms with Crippen molar-refractivity contribution in [3.63, 3.8) is 0 Å². The molecular formula is C65H123NO5. The highest BCUT2D eigenvalue weighted by Gasteiger charge is 2.20. The molecule has 2 atom stereocenters. The molecule has 0 aliphatic heterocycles. The van der Waals surface area contributed by atoms with Crippen LogP contribution in [0.2, 0.25) is 0 Å². The third-order valence-corrected chi connectivity index (χ3v) is 14.7. The van der Waals surface area contributed by atoms with Gasteiger partial charge in [0, 0.05) is 12.8 Å². The summed E-state index contributed by atoms with van der Waals surface area (Å²) < 4.78 is 5.48. The second kappa shape index (κ2) is 60.6. The first-order valence-electron chi connectivity index (χ1n) is 31.7. The standard InChI is InChI=1S/C65H123NO5/c1-3-5-7-9-11-13-15-16-36-39-43-47-51-55-59-65(70)71-60-56-52-48-44-40-37-34-32-30-28-26-24-22-20-18-17-19-21-23-25-27-29-31-33-35-38-42-46-50-54-58-64(69)66-62(61-67)63(68)57-53-49-45-41-14-12-10-8-6-4-2/h9,11,15-16,18,20,62-63,67-68H,3-8,10,12-14,17,19,21-61H2,1-2H3,(H,66,69)/b11-9-,16-15-,20-18-. The van der Waals surface area contributed by atoms with Crippen molar-refractivity contribution in [2.75, 3.05) is 13.2 Å². The van der Waals surface area contributed by atoms with Crippen LogP contribution >= 0.6 is 0 Å². The van der Waals surface area contributed by atoms with Gasteiger partial charge < -0.3 is 20.3 Å². The summed E-state index contributed by atoms with van der Waals surface area (Å²) in [5.41, 5.74) is 0. The minimum Gasteiger partial charge on any atom is -0.466 e. The lowest BCUT2D eigenvalue weighted by Crippen LogP contribution is -2.45. The summed E-state index contributed by atoms with van der Waals surface area (Å²) in [5.74, 6) is -0.0321. The molecule has 0 aromatic rings. The van der Waals surface area contributed by atoms with Gasteiger partial charge in [-0.15, -0.1) is 0 Å². The first kappa shape index (κ1) is 69.1. The van der Waals surface area contributed by atoms with Crippen LogP contribution in [-0.4, -0.2) is 47.4 Å². The molecule has 0 radical (unpaired) electrons. The molecule has 0 aliphatic carbocycles. The minimum atomic E-state index is -0.661. The van der Waals surface area contributed by atoms with E-state index in [1.54, 1.807) is 0 Å². The van der Waals surface area contributed by atoms with Gasteiger partial charge in [0.05, 0.1) is 25.4 Å². The van der Waals surface area contributed by atoms with Crippen LogP contribution in [0.25, 0.3) is 0 Å². The number of carbonyl (C=O) groups is 2. The Labute approximate surface area is 443 Å². The quantitative estimate of drug-likeness (QED) is 0.0321. The van der Waals surface area contributed by atoms with Crippen molar-refractivity contribution >= 4 is 11.9 Å². The maximum atomic E-state index is 12.4. The Balaban J connectivity index is 3.34. The molecule has 6 nitrogen and oxygen atoms in total. The van der Waals surface area contributed by atoms with Crippen LogP contribution in [0.15, 0.2) is 36.5 Å². The lowest BCUT2D eigenvalue weighted by molar-refractivity contribution is -0.143. The van der Waals surface area contributed by atoms with E-state index < -0.39 is 12.1 Å². The van der Waals surface area contributed by atoms with E-state index in [0.717, 1.165) is 51.4 Å². The van der Waals surface area contributed by atoms with Gasteiger partial charge in [0.15, 0.2) is 0 Å². The Hall–Kier alpha value is -1.92. The number of hydrogen-bond donors (Lipinski definition) is 3. The average molecular weight is 999 g/mol. The lowest BCUT2D eigenvalue weighted by Gasteiger charge is -2.22. The van der Waals surface area contributed by atoms with Crippen molar-refractivity contribution in [3.05, 3.63) is 36.5 Å². The molecule has 0 saturated carbocycles. The monoisotopic (exact) mass is 998 g/mol. The van der Waals surface area contributed by atoms with Crippen molar-refractivity contribution in [2.24, 2.45) is 0 Å². The third-order valence-electron chi connectivity index (χ3n) is 14.7. The maximum absolute atomic E-state index is 12.4. The van der Waals surface area contributed by atoms with E-state index >= 15 is 0 Å². The molecule has 1 amide bonds. The molecule has 0 aromatic heterocycles. The second-order valence-electron chi connectivity index (χ2n) is 21.7. The van der Waals surface area contributed by atoms with E-state index in [2.05, 4.69) is 55.6 Å². The molecule has 418 valence electrons. The lowest BCUT2D eigenvalue weighted by atomic mass is 10.0. The smallest absolute Gasteiger partial charge is 0.305 e. The summed E-state index contributed by atoms with van der Waals surface area (Å²) in [4.78, 5) is 24.5. The zero-order valence-electron chi connectivity index (χ0n) is 47.7. The number of ether oxygens (including phenoxy) is 1. The predicted molar refractivity (Wildman–Crippen MR) is 310 cm³/mol. The number of hydrogen-bond acceptors (Lipinski definition) is 5. The second-order valence-corrected chi connectivity index (χ2v) is 21.7. The summed E-state index contributed by atoms with van der Waals surface area (Å²) >= 11 is 0. The van der Waals surface area contributed by atoms with E-state index in [1.807, 2.05) is 0 Å². The van der Waals surface area contributed by atoms with Crippen LogP contribution in [0.4, 0.5) is 0 Å². The average Bonchev–Trinajstić information content (AvgIpc) is 3.37. The van der Waals surface area contributed by atoms with E-state index in [4.69, 9.17) is 4.74 Å². The molecule has 0 spiro atoms. The van der Waals surface area contributed by atoms with Crippen molar-refractivity contribution in [3.8, 4) is 0 Å². The number of rotatable bonds is 59. The van der Waals surface area contributed by atoms with Gasteiger partial charge >= 0.3 is 5.97 Å². The Morgan fingerprint density at radius 3 is 1.13 bits per heavy atom. The Bertz CT molecular complexity index is 1150. The topological polar surface area (TPSA) is 95.9 Å². The number of esters is 1. The Morgan fingerprint density at radius 2 is 0.718 bits per heavy atom. The van der Waals surface area contributed by atoms with Crippen molar-refractivity contribution < 1.29 is 24.5 Å². The van der Waals surface area contributed by atoms with Gasteiger partial charge in [-0.25, -0.2) is 0 Å². The fourth-order valence-electron chi connectivity index (χ4n) is 9.77. The fourth-order valence-corrected chi connectivity index (χ4v) is 9.77. The number of amides is 1. The number of carbonyl (C=O) groups excluding carboxylic acids is 2. The first-order valence-corrected chi connectivity index (χ1v) is 31.7. The zero-order valence-corrected chi connectivity index (χ0v) is 47.7. The highest BCUT2D eigenvalue weighted by atomic mass is 16.5. The van der Waals surface area contributed by atoms with Crippen LogP contribution < -0.4 is 5.32 Å². The molecule has 0 rings (SSSR count). The van der Waals surface area contributed by atoms with E-state index in [-0.39, 0.29) is 18.5 Å². The number of allylic oxidation sites excluding steroid dienone is 6. The molecular weight excluding hydrogens is 875 g/mol. The molecule has 0 bridgehead atoms. The van der Waals surface area contributed by atoms with Crippen molar-refractivity contribution in [1.82, 2.24) is 5.32 Å². The van der Waals surface area contributed by atoms with E-state index in [9.17, 15) is 19.8 Å². The molecule has 3 N–H and O–H groups in total. The van der Waals surface area contributed by atoms with Crippen molar-refractivity contribution in [2.45, 2.75) is 353 Å². The molecule has 0 aromatic carbocycles. The van der Waals surface area contributed by atoms with Gasteiger partial charge in [0.1, 0.15) is 0 Å². The summed E-state index contributed by atoms with van der Waals surface area (Å²) in [6, 6.07) is -0.538. The summed E-state index contributed by atoms with van der Waals surface area (Å²) in [7, 11) is 0. The van der Waals surface area contributed by atoms with Crippen LogP contribution in [-0.2, 0) is 14.3 Å². The van der Waals surface area contributed by atoms with Gasteiger partial charge in [-0.05, 0) is 77.0 Å². The highest BCUT2D eigenvalue weighted by molar-refractivity contribution is 5.76. The number of nitrogens with one attached hydrogen (secondary N) is 1. The maximum Gasteiger partial charge on any atom is 0.305 e. The molecule has 2 unspecified atom stereocenters. The molecule has 0 aliphatic rings. The fraction of sp³-hybridized carbons (Fsp3) is 0.877. The minimum absolute atomic E-state index is 0.00231. The summed E-state index contributed by atoms with van der Waals surface area (Å²) in [6.45, 7) is 4.90. The third kappa shape index (κ3) is 57.2. The highest BCUT2D eigenvalue weighted by Crippen LogP contribution is 2.17. The molecule has 0 fully saturated rings. The van der Waals surface area contributed by atoms with Crippen LogP contribution in [0.5, 0.6) is 0 Å². The zero-order chi connectivity index (χ0) is 51.4. The SMILES string of the molecule is CCCC/C=C\C/C=C\CCCCCCCC(=O)OCCCCCCCCCCCCCC/C=C\CCCCCCCCCCCCCCCCC(=O)NC(CO)C(O)CCCCCCCCCCCC. The van der Waals surface area contributed by atoms with Gasteiger partial charge in [0.2, 0.25) is 5.91 Å².